The molecule has 0 bridgehead atoms. The summed E-state index contributed by atoms with van der Waals surface area (Å²) < 4.78 is 28.5. The Kier molecular flexibility index (Phi) is 6.08. The van der Waals surface area contributed by atoms with Gasteiger partial charge in [0.25, 0.3) is 0 Å². The highest BCUT2D eigenvalue weighted by molar-refractivity contribution is 5.80. The molecule has 0 radical (unpaired) electrons. The van der Waals surface area contributed by atoms with Gasteiger partial charge in [-0.3, -0.25) is 9.67 Å². The number of halogens is 2. The number of guanidine groups is 1. The van der Waals surface area contributed by atoms with Gasteiger partial charge < -0.3 is 10.6 Å². The van der Waals surface area contributed by atoms with Crippen molar-refractivity contribution in [1.82, 2.24) is 20.4 Å². The summed E-state index contributed by atoms with van der Waals surface area (Å²) in [5, 5.41) is 11.4. The van der Waals surface area contributed by atoms with Crippen molar-refractivity contribution in [3.8, 4) is 0 Å². The molecule has 0 aliphatic heterocycles. The summed E-state index contributed by atoms with van der Waals surface area (Å²) in [5.74, 6) is -0.402. The van der Waals surface area contributed by atoms with Gasteiger partial charge >= 0.3 is 0 Å². The molecule has 3 rings (SSSR count). The van der Waals surface area contributed by atoms with Crippen molar-refractivity contribution in [2.45, 2.75) is 51.6 Å². The van der Waals surface area contributed by atoms with E-state index in [0.29, 0.717) is 30.5 Å². The molecule has 0 saturated carbocycles. The molecule has 1 atom stereocenters. The number of aliphatic imine (C=N–C) groups is 1. The second-order valence-electron chi connectivity index (χ2n) is 7.29. The first kappa shape index (κ1) is 19.3. The van der Waals surface area contributed by atoms with Crippen LogP contribution in [0.1, 0.15) is 43.1 Å². The average molecular weight is 375 g/mol. The van der Waals surface area contributed by atoms with Crippen molar-refractivity contribution in [2.24, 2.45) is 4.99 Å². The van der Waals surface area contributed by atoms with Gasteiger partial charge in [0.1, 0.15) is 11.6 Å². The lowest BCUT2D eigenvalue weighted by atomic mass is 9.94. The molecule has 1 aromatic heterocycles. The van der Waals surface area contributed by atoms with E-state index < -0.39 is 11.6 Å². The molecule has 0 spiro atoms. The Balaban J connectivity index is 1.51. The molecule has 0 amide bonds. The van der Waals surface area contributed by atoms with Crippen LogP contribution in [0.2, 0.25) is 0 Å². The van der Waals surface area contributed by atoms with E-state index in [1.807, 2.05) is 4.68 Å². The van der Waals surface area contributed by atoms with Crippen molar-refractivity contribution in [1.29, 1.82) is 0 Å². The van der Waals surface area contributed by atoms with Gasteiger partial charge in [0, 0.05) is 44.4 Å². The van der Waals surface area contributed by atoms with E-state index in [9.17, 15) is 8.78 Å². The van der Waals surface area contributed by atoms with Crippen LogP contribution in [0.25, 0.3) is 0 Å². The van der Waals surface area contributed by atoms with E-state index in [2.05, 4.69) is 35.7 Å². The number of hydrogen-bond donors (Lipinski definition) is 2. The zero-order chi connectivity index (χ0) is 19.4. The van der Waals surface area contributed by atoms with Crippen LogP contribution in [0.3, 0.4) is 0 Å². The predicted molar refractivity (Wildman–Crippen MR) is 103 cm³/mol. The van der Waals surface area contributed by atoms with E-state index in [0.717, 1.165) is 31.0 Å². The zero-order valence-electron chi connectivity index (χ0n) is 16.1. The highest BCUT2D eigenvalue weighted by Crippen LogP contribution is 2.21. The quantitative estimate of drug-likeness (QED) is 0.624. The number of fused-ring (bicyclic) bond motifs is 1. The number of rotatable bonds is 5. The van der Waals surface area contributed by atoms with E-state index in [1.165, 1.54) is 17.7 Å². The van der Waals surface area contributed by atoms with Crippen LogP contribution in [-0.4, -0.2) is 35.4 Å². The molecule has 2 aromatic rings. The molecule has 5 nitrogen and oxygen atoms in total. The summed E-state index contributed by atoms with van der Waals surface area (Å²) >= 11 is 0. The number of aryl methyl sites for hydroxylation is 1. The maximum absolute atomic E-state index is 13.3. The van der Waals surface area contributed by atoms with Crippen molar-refractivity contribution >= 4 is 5.96 Å². The molecule has 27 heavy (non-hydrogen) atoms. The first-order valence-electron chi connectivity index (χ1n) is 9.43. The van der Waals surface area contributed by atoms with Gasteiger partial charge in [0.15, 0.2) is 5.96 Å². The predicted octanol–water partition coefficient (Wildman–Crippen LogP) is 3.01. The topological polar surface area (TPSA) is 54.2 Å². The fraction of sp³-hybridized carbons (Fsp3) is 0.500. The SMILES string of the molecule is CN=C(NCCc1cc(F)cc(F)c1)NC1CCc2cn(C(C)C)nc2C1. The summed E-state index contributed by atoms with van der Waals surface area (Å²) in [6, 6.07) is 4.23. The minimum Gasteiger partial charge on any atom is -0.356 e. The van der Waals surface area contributed by atoms with Crippen LogP contribution in [0, 0.1) is 11.6 Å². The Hall–Kier alpha value is -2.44. The van der Waals surface area contributed by atoms with Crippen LogP contribution in [0.4, 0.5) is 8.78 Å². The average Bonchev–Trinajstić information content (AvgIpc) is 3.03. The molecule has 146 valence electrons. The number of hydrogen-bond acceptors (Lipinski definition) is 2. The lowest BCUT2D eigenvalue weighted by Crippen LogP contribution is -2.46. The monoisotopic (exact) mass is 375 g/mol. The minimum atomic E-state index is -0.550. The summed E-state index contributed by atoms with van der Waals surface area (Å²) in [6.07, 6.45) is 5.56. The molecule has 1 aromatic carbocycles. The van der Waals surface area contributed by atoms with Crippen LogP contribution in [0.15, 0.2) is 29.4 Å². The number of benzene rings is 1. The summed E-state index contributed by atoms with van der Waals surface area (Å²) in [6.45, 7) is 4.80. The molecule has 1 aliphatic rings. The Morgan fingerprint density at radius 2 is 2.04 bits per heavy atom. The Labute approximate surface area is 158 Å². The summed E-state index contributed by atoms with van der Waals surface area (Å²) in [5.41, 5.74) is 3.10. The molecule has 1 unspecified atom stereocenters. The molecule has 7 heteroatoms. The highest BCUT2D eigenvalue weighted by Gasteiger charge is 2.22. The van der Waals surface area contributed by atoms with E-state index in [4.69, 9.17) is 5.10 Å². The highest BCUT2D eigenvalue weighted by atomic mass is 19.1. The lowest BCUT2D eigenvalue weighted by Gasteiger charge is -2.24. The maximum Gasteiger partial charge on any atom is 0.191 e. The number of aromatic nitrogens is 2. The second-order valence-corrected chi connectivity index (χ2v) is 7.29. The second kappa shape index (κ2) is 8.50. The third-order valence-corrected chi connectivity index (χ3v) is 4.82. The molecule has 0 saturated heterocycles. The molecule has 2 N–H and O–H groups in total. The first-order chi connectivity index (χ1) is 12.9. The van der Waals surface area contributed by atoms with Crippen LogP contribution in [0.5, 0.6) is 0 Å². The summed E-state index contributed by atoms with van der Waals surface area (Å²) in [7, 11) is 1.72. The molecule has 1 heterocycles. The maximum atomic E-state index is 13.3. The van der Waals surface area contributed by atoms with Gasteiger partial charge in [-0.05, 0) is 56.4 Å². The van der Waals surface area contributed by atoms with Gasteiger partial charge in [-0.25, -0.2) is 8.78 Å². The van der Waals surface area contributed by atoms with Gasteiger partial charge in [-0.15, -0.1) is 0 Å². The van der Waals surface area contributed by atoms with Crippen molar-refractivity contribution < 1.29 is 8.78 Å². The standard InChI is InChI=1S/C20H27F2N5/c1-13(2)27-12-15-4-5-18(11-19(15)26-27)25-20(23-3)24-7-6-14-8-16(21)10-17(22)9-14/h8-10,12-13,18H,4-7,11H2,1-3H3,(H2,23,24,25). The Morgan fingerprint density at radius 3 is 2.70 bits per heavy atom. The fourth-order valence-corrected chi connectivity index (χ4v) is 3.37. The van der Waals surface area contributed by atoms with Crippen molar-refractivity contribution in [3.05, 3.63) is 52.9 Å². The Morgan fingerprint density at radius 1 is 1.30 bits per heavy atom. The largest absolute Gasteiger partial charge is 0.356 e. The Bertz CT molecular complexity index is 792. The number of nitrogens with one attached hydrogen (secondary N) is 2. The number of nitrogens with zero attached hydrogens (tertiary/aromatic N) is 3. The molecule has 0 fully saturated rings. The van der Waals surface area contributed by atoms with Gasteiger partial charge in [0.05, 0.1) is 5.69 Å². The molecular formula is C20H27F2N5. The lowest BCUT2D eigenvalue weighted by molar-refractivity contribution is 0.499. The van der Waals surface area contributed by atoms with E-state index in [1.54, 1.807) is 7.05 Å². The van der Waals surface area contributed by atoms with Gasteiger partial charge in [0.2, 0.25) is 0 Å². The fourth-order valence-electron chi connectivity index (χ4n) is 3.37. The van der Waals surface area contributed by atoms with Crippen LogP contribution >= 0.6 is 0 Å². The van der Waals surface area contributed by atoms with Gasteiger partial charge in [-0.1, -0.05) is 0 Å². The normalized spacial score (nSPS) is 17.1. The molecular weight excluding hydrogens is 348 g/mol. The van der Waals surface area contributed by atoms with E-state index in [-0.39, 0.29) is 6.04 Å². The third-order valence-electron chi connectivity index (χ3n) is 4.82. The van der Waals surface area contributed by atoms with E-state index >= 15 is 0 Å². The van der Waals surface area contributed by atoms with Crippen LogP contribution < -0.4 is 10.6 Å². The smallest absolute Gasteiger partial charge is 0.191 e. The molecule has 1 aliphatic carbocycles. The van der Waals surface area contributed by atoms with Crippen LogP contribution in [-0.2, 0) is 19.3 Å². The van der Waals surface area contributed by atoms with Gasteiger partial charge in [-0.2, -0.15) is 5.10 Å². The summed E-state index contributed by atoms with van der Waals surface area (Å²) in [4.78, 5) is 4.26. The third kappa shape index (κ3) is 5.05. The first-order valence-corrected chi connectivity index (χ1v) is 9.43. The van der Waals surface area contributed by atoms with Crippen molar-refractivity contribution in [3.63, 3.8) is 0 Å². The minimum absolute atomic E-state index is 0.269. The zero-order valence-corrected chi connectivity index (χ0v) is 16.1. The van der Waals surface area contributed by atoms with Crippen molar-refractivity contribution in [2.75, 3.05) is 13.6 Å².